The summed E-state index contributed by atoms with van der Waals surface area (Å²) in [6, 6.07) is 3.94. The van der Waals surface area contributed by atoms with Crippen molar-refractivity contribution in [3.05, 3.63) is 41.3 Å². The van der Waals surface area contributed by atoms with Gasteiger partial charge >= 0.3 is 0 Å². The molecule has 12 heavy (non-hydrogen) atoms. The van der Waals surface area contributed by atoms with Gasteiger partial charge in [-0.15, -0.1) is 6.42 Å². The van der Waals surface area contributed by atoms with Crippen LogP contribution in [0.1, 0.15) is 12.5 Å². The Balaban J connectivity index is 3.18. The van der Waals surface area contributed by atoms with Gasteiger partial charge in [-0.1, -0.05) is 18.1 Å². The van der Waals surface area contributed by atoms with Gasteiger partial charge in [-0.25, -0.2) is 8.78 Å². The third-order valence-corrected chi connectivity index (χ3v) is 1.57. The minimum Gasteiger partial charge on any atom is -0.204 e. The predicted octanol–water partition coefficient (Wildman–Crippen LogP) is 2.54. The van der Waals surface area contributed by atoms with Crippen LogP contribution in [0, 0.1) is 29.9 Å². The molecule has 0 bridgehead atoms. The van der Waals surface area contributed by atoms with Crippen LogP contribution in [-0.4, -0.2) is 0 Å². The van der Waals surface area contributed by atoms with E-state index in [2.05, 4.69) is 5.92 Å². The summed E-state index contributed by atoms with van der Waals surface area (Å²) in [7, 11) is 0. The van der Waals surface area contributed by atoms with Gasteiger partial charge < -0.3 is 0 Å². The van der Waals surface area contributed by atoms with Gasteiger partial charge in [0.25, 0.3) is 0 Å². The van der Waals surface area contributed by atoms with Crippen LogP contribution < -0.4 is 0 Å². The summed E-state index contributed by atoms with van der Waals surface area (Å²) < 4.78 is 25.6. The van der Waals surface area contributed by atoms with E-state index in [1.807, 2.05) is 0 Å². The monoisotopic (exact) mass is 165 g/mol. The van der Waals surface area contributed by atoms with Crippen molar-refractivity contribution in [1.82, 2.24) is 0 Å². The summed E-state index contributed by atoms with van der Waals surface area (Å²) in [5.41, 5.74) is 0.150. The summed E-state index contributed by atoms with van der Waals surface area (Å²) in [5.74, 6) is 0.900. The van der Waals surface area contributed by atoms with Gasteiger partial charge in [-0.2, -0.15) is 0 Å². The lowest BCUT2D eigenvalue weighted by Crippen LogP contribution is -1.97. The summed E-state index contributed by atoms with van der Waals surface area (Å²) in [5, 5.41) is 0. The minimum absolute atomic E-state index is 0.150. The van der Waals surface area contributed by atoms with Gasteiger partial charge in [0, 0.05) is 5.56 Å². The number of hydrogen-bond donors (Lipinski definition) is 0. The van der Waals surface area contributed by atoms with Crippen molar-refractivity contribution in [2.24, 2.45) is 0 Å². The Morgan fingerprint density at radius 3 is 2.67 bits per heavy atom. The molecule has 0 heterocycles. The van der Waals surface area contributed by atoms with Crippen LogP contribution in [0.5, 0.6) is 0 Å². The molecule has 0 aliphatic heterocycles. The SMILES string of the molecule is C#C[C](C)c1cccc(F)c1F. The average Bonchev–Trinajstić information content (AvgIpc) is 2.08. The van der Waals surface area contributed by atoms with Crippen LogP contribution in [0.25, 0.3) is 0 Å². The minimum atomic E-state index is -0.882. The second-order valence-electron chi connectivity index (χ2n) is 2.37. The molecule has 61 valence electrons. The molecule has 0 saturated heterocycles. The predicted molar refractivity (Wildman–Crippen MR) is 43.2 cm³/mol. The van der Waals surface area contributed by atoms with Crippen molar-refractivity contribution in [3.8, 4) is 12.3 Å². The lowest BCUT2D eigenvalue weighted by atomic mass is 10.0. The van der Waals surface area contributed by atoms with E-state index in [9.17, 15) is 8.78 Å². The first kappa shape index (κ1) is 8.73. The molecule has 0 aliphatic rings. The Morgan fingerprint density at radius 1 is 1.42 bits per heavy atom. The molecule has 0 aromatic heterocycles. The van der Waals surface area contributed by atoms with Crippen molar-refractivity contribution in [1.29, 1.82) is 0 Å². The second kappa shape index (κ2) is 3.36. The van der Waals surface area contributed by atoms with Crippen LogP contribution in [0.2, 0.25) is 0 Å². The molecule has 0 aliphatic carbocycles. The lowest BCUT2D eigenvalue weighted by molar-refractivity contribution is 0.503. The third kappa shape index (κ3) is 1.45. The molecule has 0 nitrogen and oxygen atoms in total. The molecule has 1 aromatic rings. The summed E-state index contributed by atoms with van der Waals surface area (Å²) >= 11 is 0. The highest BCUT2D eigenvalue weighted by Crippen LogP contribution is 2.18. The average molecular weight is 165 g/mol. The second-order valence-corrected chi connectivity index (χ2v) is 2.37. The first-order chi connectivity index (χ1) is 5.66. The fraction of sp³-hybridized carbons (Fsp3) is 0.100. The number of hydrogen-bond acceptors (Lipinski definition) is 0. The van der Waals surface area contributed by atoms with Crippen molar-refractivity contribution >= 4 is 0 Å². The fourth-order valence-corrected chi connectivity index (χ4v) is 0.871. The summed E-state index contributed by atoms with van der Waals surface area (Å²) in [6.07, 6.45) is 5.05. The van der Waals surface area contributed by atoms with E-state index in [4.69, 9.17) is 6.42 Å². The normalized spacial score (nSPS) is 9.92. The van der Waals surface area contributed by atoms with E-state index in [1.54, 1.807) is 6.92 Å². The molecule has 0 amide bonds. The zero-order valence-corrected chi connectivity index (χ0v) is 6.57. The van der Waals surface area contributed by atoms with Crippen molar-refractivity contribution < 1.29 is 8.78 Å². The number of terminal acetylenes is 1. The molecule has 0 saturated carbocycles. The molecule has 0 fully saturated rings. The van der Waals surface area contributed by atoms with Crippen molar-refractivity contribution in [2.75, 3.05) is 0 Å². The van der Waals surface area contributed by atoms with E-state index in [1.165, 1.54) is 12.1 Å². The maximum atomic E-state index is 12.9. The third-order valence-electron chi connectivity index (χ3n) is 1.57. The lowest BCUT2D eigenvalue weighted by Gasteiger charge is -2.04. The van der Waals surface area contributed by atoms with Gasteiger partial charge in [-0.3, -0.25) is 0 Å². The quantitative estimate of drug-likeness (QED) is 0.561. The maximum Gasteiger partial charge on any atom is 0.163 e. The Kier molecular flexibility index (Phi) is 2.44. The molecule has 1 rings (SSSR count). The van der Waals surface area contributed by atoms with E-state index in [-0.39, 0.29) is 5.56 Å². The molecule has 2 heteroatoms. The van der Waals surface area contributed by atoms with Gasteiger partial charge in [0.1, 0.15) is 0 Å². The molecular weight excluding hydrogens is 158 g/mol. The van der Waals surface area contributed by atoms with E-state index in [0.29, 0.717) is 5.92 Å². The standard InChI is InChI=1S/C10H7F2/c1-3-7(2)8-5-4-6-9(11)10(8)12/h1,4-6H,2H3. The largest absolute Gasteiger partial charge is 0.204 e. The Bertz CT molecular complexity index is 323. The number of benzene rings is 1. The molecular formula is C10H7F2. The maximum absolute atomic E-state index is 12.9. The summed E-state index contributed by atoms with van der Waals surface area (Å²) in [6.45, 7) is 1.57. The van der Waals surface area contributed by atoms with E-state index < -0.39 is 11.6 Å². The molecule has 1 radical (unpaired) electrons. The summed E-state index contributed by atoms with van der Waals surface area (Å²) in [4.78, 5) is 0. The molecule has 0 spiro atoms. The highest BCUT2D eigenvalue weighted by molar-refractivity contribution is 5.40. The van der Waals surface area contributed by atoms with Crippen molar-refractivity contribution in [2.45, 2.75) is 6.92 Å². The van der Waals surface area contributed by atoms with Gasteiger partial charge in [0.2, 0.25) is 0 Å². The highest BCUT2D eigenvalue weighted by atomic mass is 19.2. The first-order valence-electron chi connectivity index (χ1n) is 3.41. The van der Waals surface area contributed by atoms with Gasteiger partial charge in [0.15, 0.2) is 11.6 Å². The Labute approximate surface area is 70.2 Å². The Hall–Kier alpha value is -1.36. The van der Waals surface area contributed by atoms with E-state index in [0.717, 1.165) is 6.07 Å². The zero-order valence-electron chi connectivity index (χ0n) is 6.57. The zero-order chi connectivity index (χ0) is 9.14. The molecule has 1 aromatic carbocycles. The van der Waals surface area contributed by atoms with Crippen LogP contribution in [0.4, 0.5) is 8.78 Å². The fourth-order valence-electron chi connectivity index (χ4n) is 0.871. The highest BCUT2D eigenvalue weighted by Gasteiger charge is 2.11. The van der Waals surface area contributed by atoms with Gasteiger partial charge in [-0.05, 0) is 13.0 Å². The molecule has 0 unspecified atom stereocenters. The van der Waals surface area contributed by atoms with Crippen LogP contribution in [0.3, 0.4) is 0 Å². The first-order valence-corrected chi connectivity index (χ1v) is 3.41. The topological polar surface area (TPSA) is 0 Å². The molecule has 0 atom stereocenters. The van der Waals surface area contributed by atoms with Gasteiger partial charge in [0.05, 0.1) is 5.92 Å². The van der Waals surface area contributed by atoms with Crippen LogP contribution in [-0.2, 0) is 0 Å². The smallest absolute Gasteiger partial charge is 0.163 e. The van der Waals surface area contributed by atoms with Crippen LogP contribution >= 0.6 is 0 Å². The van der Waals surface area contributed by atoms with E-state index >= 15 is 0 Å². The number of rotatable bonds is 1. The van der Waals surface area contributed by atoms with Crippen LogP contribution in [0.15, 0.2) is 18.2 Å². The number of halogens is 2. The Morgan fingerprint density at radius 2 is 2.08 bits per heavy atom. The molecule has 0 N–H and O–H groups in total. The van der Waals surface area contributed by atoms with Crippen molar-refractivity contribution in [3.63, 3.8) is 0 Å².